The van der Waals surface area contributed by atoms with Crippen molar-refractivity contribution in [3.63, 3.8) is 0 Å². The normalized spacial score (nSPS) is 10.4. The first-order valence-electron chi connectivity index (χ1n) is 7.17. The summed E-state index contributed by atoms with van der Waals surface area (Å²) in [5.41, 5.74) is 1.59. The van der Waals surface area contributed by atoms with Crippen LogP contribution in [0.5, 0.6) is 0 Å². The monoisotopic (exact) mass is 357 g/mol. The van der Waals surface area contributed by atoms with E-state index in [1.807, 2.05) is 17.5 Å². The third-order valence-corrected chi connectivity index (χ3v) is 5.15. The Labute approximate surface area is 147 Å². The van der Waals surface area contributed by atoms with Crippen molar-refractivity contribution >= 4 is 40.2 Å². The van der Waals surface area contributed by atoms with Crippen LogP contribution in [0.15, 0.2) is 47.2 Å². The van der Waals surface area contributed by atoms with Gasteiger partial charge in [0.1, 0.15) is 10.7 Å². The van der Waals surface area contributed by atoms with E-state index in [4.69, 9.17) is 0 Å². The molecule has 122 valence electrons. The number of hydrogen-bond acceptors (Lipinski definition) is 5. The SMILES string of the molecule is CN(C)C(=O)c1ccc(NC(=O)c2csc(-c3cccs3)n2)cc1. The molecule has 0 saturated carbocycles. The predicted molar refractivity (Wildman–Crippen MR) is 97.8 cm³/mol. The first kappa shape index (κ1) is 16.4. The van der Waals surface area contributed by atoms with Gasteiger partial charge in [-0.15, -0.1) is 22.7 Å². The summed E-state index contributed by atoms with van der Waals surface area (Å²) in [4.78, 5) is 31.1. The molecule has 2 aromatic heterocycles. The second-order valence-electron chi connectivity index (χ2n) is 5.25. The van der Waals surface area contributed by atoms with Crippen LogP contribution in [-0.4, -0.2) is 35.8 Å². The van der Waals surface area contributed by atoms with Crippen molar-refractivity contribution in [3.8, 4) is 9.88 Å². The number of carbonyl (C=O) groups is 2. The number of thiazole rings is 1. The third-order valence-electron chi connectivity index (χ3n) is 3.26. The molecule has 0 saturated heterocycles. The van der Waals surface area contributed by atoms with Crippen LogP contribution in [0.2, 0.25) is 0 Å². The number of benzene rings is 1. The van der Waals surface area contributed by atoms with Gasteiger partial charge in [0.2, 0.25) is 0 Å². The summed E-state index contributed by atoms with van der Waals surface area (Å²) >= 11 is 3.04. The van der Waals surface area contributed by atoms with Crippen LogP contribution < -0.4 is 5.32 Å². The van der Waals surface area contributed by atoms with Gasteiger partial charge in [-0.1, -0.05) is 6.07 Å². The van der Waals surface area contributed by atoms with Gasteiger partial charge >= 0.3 is 0 Å². The van der Waals surface area contributed by atoms with E-state index in [0.717, 1.165) is 9.88 Å². The Morgan fingerprint density at radius 2 is 1.83 bits per heavy atom. The number of anilines is 1. The molecular formula is C17H15N3O2S2. The molecule has 1 N–H and O–H groups in total. The smallest absolute Gasteiger partial charge is 0.275 e. The third kappa shape index (κ3) is 3.52. The molecule has 0 atom stereocenters. The summed E-state index contributed by atoms with van der Waals surface area (Å²) in [6, 6.07) is 10.7. The zero-order valence-electron chi connectivity index (χ0n) is 13.1. The van der Waals surface area contributed by atoms with Crippen molar-refractivity contribution in [2.45, 2.75) is 0 Å². The zero-order valence-corrected chi connectivity index (χ0v) is 14.8. The van der Waals surface area contributed by atoms with Crippen molar-refractivity contribution in [3.05, 3.63) is 58.4 Å². The van der Waals surface area contributed by atoms with E-state index in [1.165, 1.54) is 16.2 Å². The van der Waals surface area contributed by atoms with Gasteiger partial charge in [0.25, 0.3) is 11.8 Å². The lowest BCUT2D eigenvalue weighted by molar-refractivity contribution is 0.0827. The predicted octanol–water partition coefficient (Wildman–Crippen LogP) is 3.83. The minimum absolute atomic E-state index is 0.0760. The molecule has 0 fully saturated rings. The topological polar surface area (TPSA) is 62.3 Å². The highest BCUT2D eigenvalue weighted by molar-refractivity contribution is 7.20. The van der Waals surface area contributed by atoms with Crippen molar-refractivity contribution in [2.24, 2.45) is 0 Å². The zero-order chi connectivity index (χ0) is 17.1. The Morgan fingerprint density at radius 3 is 2.46 bits per heavy atom. The quantitative estimate of drug-likeness (QED) is 0.772. The molecule has 0 radical (unpaired) electrons. The van der Waals surface area contributed by atoms with Crippen LogP contribution >= 0.6 is 22.7 Å². The molecule has 0 aliphatic carbocycles. The van der Waals surface area contributed by atoms with Crippen molar-refractivity contribution < 1.29 is 9.59 Å². The van der Waals surface area contributed by atoms with E-state index in [2.05, 4.69) is 10.3 Å². The van der Waals surface area contributed by atoms with Crippen LogP contribution in [0.3, 0.4) is 0 Å². The highest BCUT2D eigenvalue weighted by atomic mass is 32.1. The highest BCUT2D eigenvalue weighted by Crippen LogP contribution is 2.28. The van der Waals surface area contributed by atoms with Crippen LogP contribution in [0.1, 0.15) is 20.8 Å². The lowest BCUT2D eigenvalue weighted by Crippen LogP contribution is -2.21. The molecular weight excluding hydrogens is 342 g/mol. The maximum Gasteiger partial charge on any atom is 0.275 e. The summed E-state index contributed by atoms with van der Waals surface area (Å²) in [5, 5.41) is 7.35. The molecule has 0 bridgehead atoms. The second kappa shape index (κ2) is 6.94. The molecule has 0 aliphatic rings. The fourth-order valence-electron chi connectivity index (χ4n) is 2.04. The van der Waals surface area contributed by atoms with Gasteiger partial charge < -0.3 is 10.2 Å². The summed E-state index contributed by atoms with van der Waals surface area (Å²) in [7, 11) is 3.40. The Kier molecular flexibility index (Phi) is 4.73. The maximum absolute atomic E-state index is 12.3. The molecule has 0 aliphatic heterocycles. The number of rotatable bonds is 4. The van der Waals surface area contributed by atoms with Gasteiger partial charge in [-0.2, -0.15) is 0 Å². The van der Waals surface area contributed by atoms with Crippen LogP contribution in [-0.2, 0) is 0 Å². The molecule has 3 aromatic rings. The van der Waals surface area contributed by atoms with Gasteiger partial charge in [-0.3, -0.25) is 9.59 Å². The largest absolute Gasteiger partial charge is 0.345 e. The van der Waals surface area contributed by atoms with E-state index in [0.29, 0.717) is 16.9 Å². The van der Waals surface area contributed by atoms with Crippen molar-refractivity contribution in [1.82, 2.24) is 9.88 Å². The lowest BCUT2D eigenvalue weighted by Gasteiger charge is -2.10. The standard InChI is InChI=1S/C17H15N3O2S2/c1-20(2)17(22)11-5-7-12(8-6-11)18-15(21)13-10-24-16(19-13)14-4-3-9-23-14/h3-10H,1-2H3,(H,18,21). The summed E-state index contributed by atoms with van der Waals surface area (Å²) in [6.07, 6.45) is 0. The second-order valence-corrected chi connectivity index (χ2v) is 7.05. The average molecular weight is 357 g/mol. The summed E-state index contributed by atoms with van der Waals surface area (Å²) in [6.45, 7) is 0. The van der Waals surface area contributed by atoms with Crippen LogP contribution in [0.4, 0.5) is 5.69 Å². The van der Waals surface area contributed by atoms with Crippen molar-refractivity contribution in [2.75, 3.05) is 19.4 Å². The summed E-state index contributed by atoms with van der Waals surface area (Å²) < 4.78 is 0. The van der Waals surface area contributed by atoms with Gasteiger partial charge in [0.15, 0.2) is 0 Å². The van der Waals surface area contributed by atoms with Gasteiger partial charge in [-0.05, 0) is 35.7 Å². The molecule has 2 amide bonds. The Balaban J connectivity index is 1.70. The van der Waals surface area contributed by atoms with E-state index in [1.54, 1.807) is 55.1 Å². The number of carbonyl (C=O) groups excluding carboxylic acids is 2. The molecule has 7 heteroatoms. The number of thiophene rings is 1. The van der Waals surface area contributed by atoms with E-state index < -0.39 is 0 Å². The van der Waals surface area contributed by atoms with Gasteiger partial charge in [0.05, 0.1) is 4.88 Å². The first-order chi connectivity index (χ1) is 11.5. The van der Waals surface area contributed by atoms with Crippen molar-refractivity contribution in [1.29, 1.82) is 0 Å². The first-order valence-corrected chi connectivity index (χ1v) is 8.93. The fraction of sp³-hybridized carbons (Fsp3) is 0.118. The number of nitrogens with zero attached hydrogens (tertiary/aromatic N) is 2. The number of hydrogen-bond donors (Lipinski definition) is 1. The Hall–Kier alpha value is -2.51. The molecule has 5 nitrogen and oxygen atoms in total. The Bertz CT molecular complexity index is 852. The van der Waals surface area contributed by atoms with Gasteiger partial charge in [-0.25, -0.2) is 4.98 Å². The number of nitrogens with one attached hydrogen (secondary N) is 1. The molecule has 1 aromatic carbocycles. The highest BCUT2D eigenvalue weighted by Gasteiger charge is 2.13. The molecule has 3 rings (SSSR count). The Morgan fingerprint density at radius 1 is 1.08 bits per heavy atom. The molecule has 0 unspecified atom stereocenters. The lowest BCUT2D eigenvalue weighted by atomic mass is 10.2. The number of amides is 2. The number of aromatic nitrogens is 1. The minimum Gasteiger partial charge on any atom is -0.345 e. The molecule has 0 spiro atoms. The van der Waals surface area contributed by atoms with E-state index in [-0.39, 0.29) is 11.8 Å². The molecule has 24 heavy (non-hydrogen) atoms. The van der Waals surface area contributed by atoms with Gasteiger partial charge in [0, 0.05) is 30.7 Å². The van der Waals surface area contributed by atoms with E-state index in [9.17, 15) is 9.59 Å². The average Bonchev–Trinajstić information content (AvgIpc) is 3.26. The van der Waals surface area contributed by atoms with Crippen LogP contribution in [0, 0.1) is 0 Å². The maximum atomic E-state index is 12.3. The fourth-order valence-corrected chi connectivity index (χ4v) is 3.66. The van der Waals surface area contributed by atoms with E-state index >= 15 is 0 Å². The van der Waals surface area contributed by atoms with Crippen LogP contribution in [0.25, 0.3) is 9.88 Å². The molecule has 2 heterocycles. The summed E-state index contributed by atoms with van der Waals surface area (Å²) in [5.74, 6) is -0.339. The minimum atomic E-state index is -0.263.